The molecule has 0 fully saturated rings. The van der Waals surface area contributed by atoms with Crippen molar-refractivity contribution in [2.75, 3.05) is 5.73 Å². The minimum atomic E-state index is -0.478. The van der Waals surface area contributed by atoms with E-state index in [1.54, 1.807) is 12.1 Å². The Morgan fingerprint density at radius 3 is 2.76 bits per heavy atom. The number of fused-ring (bicyclic) bond motifs is 1. The molecule has 1 aliphatic carbocycles. The SMILES string of the molecule is Nc1ccc(COc2ccc3c(c2)CCC3)cc1[N+](=O)[O-]. The minimum absolute atomic E-state index is 0.0787. The second kappa shape index (κ2) is 5.44. The summed E-state index contributed by atoms with van der Waals surface area (Å²) >= 11 is 0. The Bertz CT molecular complexity index is 698. The average Bonchev–Trinajstić information content (AvgIpc) is 2.93. The molecule has 5 heteroatoms. The molecule has 0 radical (unpaired) electrons. The zero-order chi connectivity index (χ0) is 14.8. The summed E-state index contributed by atoms with van der Waals surface area (Å²) in [5, 5.41) is 10.9. The van der Waals surface area contributed by atoms with E-state index in [4.69, 9.17) is 10.5 Å². The molecule has 0 bridgehead atoms. The molecule has 108 valence electrons. The van der Waals surface area contributed by atoms with Gasteiger partial charge >= 0.3 is 0 Å². The Morgan fingerprint density at radius 1 is 1.14 bits per heavy atom. The van der Waals surface area contributed by atoms with Crippen LogP contribution >= 0.6 is 0 Å². The van der Waals surface area contributed by atoms with E-state index in [1.165, 1.54) is 23.6 Å². The number of nitro benzene ring substituents is 1. The first-order valence-corrected chi connectivity index (χ1v) is 6.91. The molecular formula is C16H16N2O3. The number of hydrogen-bond acceptors (Lipinski definition) is 4. The number of nitrogens with zero attached hydrogens (tertiary/aromatic N) is 1. The summed E-state index contributed by atoms with van der Waals surface area (Å²) in [5.74, 6) is 0.801. The van der Waals surface area contributed by atoms with Crippen LogP contribution in [-0.2, 0) is 19.4 Å². The van der Waals surface area contributed by atoms with Gasteiger partial charge in [-0.3, -0.25) is 10.1 Å². The molecule has 0 aliphatic heterocycles. The summed E-state index contributed by atoms with van der Waals surface area (Å²) in [6, 6.07) is 10.9. The standard InChI is InChI=1S/C16H16N2O3/c17-15-7-4-11(8-16(15)18(19)20)10-21-14-6-5-12-2-1-3-13(12)9-14/h4-9H,1-3,10,17H2. The molecule has 0 heterocycles. The van der Waals surface area contributed by atoms with Crippen LogP contribution in [0.3, 0.4) is 0 Å². The van der Waals surface area contributed by atoms with Gasteiger partial charge in [0.25, 0.3) is 5.69 Å². The zero-order valence-electron chi connectivity index (χ0n) is 11.5. The molecule has 2 aromatic carbocycles. The van der Waals surface area contributed by atoms with Gasteiger partial charge in [0.2, 0.25) is 0 Å². The Hall–Kier alpha value is -2.56. The summed E-state index contributed by atoms with van der Waals surface area (Å²) in [7, 11) is 0. The molecule has 0 amide bonds. The summed E-state index contributed by atoms with van der Waals surface area (Å²) in [6.07, 6.45) is 3.43. The number of aryl methyl sites for hydroxylation is 2. The van der Waals surface area contributed by atoms with Crippen molar-refractivity contribution in [3.05, 3.63) is 63.2 Å². The fourth-order valence-corrected chi connectivity index (χ4v) is 2.64. The van der Waals surface area contributed by atoms with Crippen LogP contribution in [0.2, 0.25) is 0 Å². The van der Waals surface area contributed by atoms with Crippen LogP contribution in [-0.4, -0.2) is 4.92 Å². The smallest absolute Gasteiger partial charge is 0.292 e. The van der Waals surface area contributed by atoms with Crippen molar-refractivity contribution in [2.45, 2.75) is 25.9 Å². The molecule has 1 aliphatic rings. The van der Waals surface area contributed by atoms with Crippen molar-refractivity contribution >= 4 is 11.4 Å². The van der Waals surface area contributed by atoms with Gasteiger partial charge in [-0.25, -0.2) is 0 Å². The molecule has 0 atom stereocenters. The maximum absolute atomic E-state index is 10.9. The highest BCUT2D eigenvalue weighted by Crippen LogP contribution is 2.27. The van der Waals surface area contributed by atoms with Gasteiger partial charge in [0, 0.05) is 6.07 Å². The molecular weight excluding hydrogens is 268 g/mol. The third-order valence-corrected chi connectivity index (χ3v) is 3.77. The van der Waals surface area contributed by atoms with E-state index in [2.05, 4.69) is 12.1 Å². The average molecular weight is 284 g/mol. The van der Waals surface area contributed by atoms with Crippen molar-refractivity contribution < 1.29 is 9.66 Å². The lowest BCUT2D eigenvalue weighted by Gasteiger charge is -2.08. The molecule has 2 aromatic rings. The Morgan fingerprint density at radius 2 is 1.95 bits per heavy atom. The van der Waals surface area contributed by atoms with E-state index in [1.807, 2.05) is 6.07 Å². The highest BCUT2D eigenvalue weighted by atomic mass is 16.6. The topological polar surface area (TPSA) is 78.4 Å². The lowest BCUT2D eigenvalue weighted by molar-refractivity contribution is -0.384. The number of nitrogen functional groups attached to an aromatic ring is 1. The quantitative estimate of drug-likeness (QED) is 0.531. The molecule has 3 rings (SSSR count). The number of nitro groups is 1. The predicted octanol–water partition coefficient (Wildman–Crippen LogP) is 3.24. The van der Waals surface area contributed by atoms with E-state index in [-0.39, 0.29) is 11.4 Å². The number of hydrogen-bond donors (Lipinski definition) is 1. The predicted molar refractivity (Wildman–Crippen MR) is 80.3 cm³/mol. The highest BCUT2D eigenvalue weighted by molar-refractivity contribution is 5.59. The monoisotopic (exact) mass is 284 g/mol. The van der Waals surface area contributed by atoms with Crippen LogP contribution in [0.25, 0.3) is 0 Å². The maximum atomic E-state index is 10.9. The van der Waals surface area contributed by atoms with Gasteiger partial charge in [0.15, 0.2) is 0 Å². The lowest BCUT2D eigenvalue weighted by Crippen LogP contribution is -2.00. The molecule has 0 saturated carbocycles. The van der Waals surface area contributed by atoms with Crippen LogP contribution in [0.4, 0.5) is 11.4 Å². The number of ether oxygens (including phenoxy) is 1. The zero-order valence-corrected chi connectivity index (χ0v) is 11.5. The first kappa shape index (κ1) is 13.4. The number of anilines is 1. The van der Waals surface area contributed by atoms with Gasteiger partial charge in [-0.1, -0.05) is 12.1 Å². The fourth-order valence-electron chi connectivity index (χ4n) is 2.64. The molecule has 2 N–H and O–H groups in total. The fraction of sp³-hybridized carbons (Fsp3) is 0.250. The largest absolute Gasteiger partial charge is 0.489 e. The van der Waals surface area contributed by atoms with Crippen molar-refractivity contribution in [3.63, 3.8) is 0 Å². The van der Waals surface area contributed by atoms with Gasteiger partial charge in [-0.2, -0.15) is 0 Å². The van der Waals surface area contributed by atoms with Crippen LogP contribution in [0, 0.1) is 10.1 Å². The number of benzene rings is 2. The third kappa shape index (κ3) is 2.81. The van der Waals surface area contributed by atoms with Gasteiger partial charge < -0.3 is 10.5 Å². The Kier molecular flexibility index (Phi) is 3.48. The van der Waals surface area contributed by atoms with Crippen molar-refractivity contribution in [3.8, 4) is 5.75 Å². The van der Waals surface area contributed by atoms with Gasteiger partial charge in [0.1, 0.15) is 18.0 Å². The minimum Gasteiger partial charge on any atom is -0.489 e. The van der Waals surface area contributed by atoms with Crippen LogP contribution in [0.15, 0.2) is 36.4 Å². The number of nitrogens with two attached hydrogens (primary N) is 1. The van der Waals surface area contributed by atoms with Crippen molar-refractivity contribution in [1.29, 1.82) is 0 Å². The van der Waals surface area contributed by atoms with E-state index in [0.717, 1.165) is 24.2 Å². The van der Waals surface area contributed by atoms with E-state index in [9.17, 15) is 10.1 Å². The van der Waals surface area contributed by atoms with Crippen LogP contribution in [0.1, 0.15) is 23.1 Å². The molecule has 0 saturated heterocycles. The molecule has 0 spiro atoms. The Labute approximate surface area is 122 Å². The summed E-state index contributed by atoms with van der Waals surface area (Å²) in [5.41, 5.74) is 9.14. The third-order valence-electron chi connectivity index (χ3n) is 3.77. The molecule has 21 heavy (non-hydrogen) atoms. The van der Waals surface area contributed by atoms with Crippen molar-refractivity contribution in [1.82, 2.24) is 0 Å². The highest BCUT2D eigenvalue weighted by Gasteiger charge is 2.13. The summed E-state index contributed by atoms with van der Waals surface area (Å²) in [4.78, 5) is 10.4. The van der Waals surface area contributed by atoms with Gasteiger partial charge in [-0.15, -0.1) is 0 Å². The molecule has 5 nitrogen and oxygen atoms in total. The van der Waals surface area contributed by atoms with E-state index in [0.29, 0.717) is 6.61 Å². The second-order valence-electron chi connectivity index (χ2n) is 5.22. The normalized spacial score (nSPS) is 13.0. The number of rotatable bonds is 4. The van der Waals surface area contributed by atoms with Gasteiger partial charge in [-0.05, 0) is 54.2 Å². The summed E-state index contributed by atoms with van der Waals surface area (Å²) < 4.78 is 5.73. The van der Waals surface area contributed by atoms with Gasteiger partial charge in [0.05, 0.1) is 4.92 Å². The second-order valence-corrected chi connectivity index (χ2v) is 5.22. The van der Waals surface area contributed by atoms with Crippen LogP contribution in [0.5, 0.6) is 5.75 Å². The Balaban J connectivity index is 1.73. The molecule has 0 aromatic heterocycles. The first-order chi connectivity index (χ1) is 10.1. The van der Waals surface area contributed by atoms with E-state index < -0.39 is 4.92 Å². The first-order valence-electron chi connectivity index (χ1n) is 6.91. The van der Waals surface area contributed by atoms with Crippen molar-refractivity contribution in [2.24, 2.45) is 0 Å². The lowest BCUT2D eigenvalue weighted by atomic mass is 10.1. The van der Waals surface area contributed by atoms with E-state index >= 15 is 0 Å². The maximum Gasteiger partial charge on any atom is 0.292 e. The summed E-state index contributed by atoms with van der Waals surface area (Å²) in [6.45, 7) is 0.292. The molecule has 0 unspecified atom stereocenters. The van der Waals surface area contributed by atoms with Crippen LogP contribution < -0.4 is 10.5 Å².